The van der Waals surface area contributed by atoms with Crippen LogP contribution in [0.5, 0.6) is 0 Å². The molecule has 0 saturated heterocycles. The monoisotopic (exact) mass is 381 g/mol. The van der Waals surface area contributed by atoms with E-state index in [2.05, 4.69) is 10.6 Å². The summed E-state index contributed by atoms with van der Waals surface area (Å²) in [5.41, 5.74) is 2.33. The zero-order valence-corrected chi connectivity index (χ0v) is 15.8. The summed E-state index contributed by atoms with van der Waals surface area (Å²) in [6.07, 6.45) is 3.34. The molecule has 0 bridgehead atoms. The average molecular weight is 381 g/mol. The van der Waals surface area contributed by atoms with Crippen molar-refractivity contribution in [3.8, 4) is 0 Å². The Morgan fingerprint density at radius 1 is 1.25 bits per heavy atom. The fourth-order valence-corrected chi connectivity index (χ4v) is 3.54. The first-order valence-electron chi connectivity index (χ1n) is 9.46. The van der Waals surface area contributed by atoms with Gasteiger partial charge in [-0.05, 0) is 24.0 Å². The van der Waals surface area contributed by atoms with Crippen LogP contribution in [0, 0.1) is 11.3 Å². The van der Waals surface area contributed by atoms with Crippen LogP contribution in [-0.2, 0) is 22.6 Å². The number of carbonyl (C=O) groups excluding carboxylic acids is 4. The lowest BCUT2D eigenvalue weighted by Gasteiger charge is -2.17. The maximum Gasteiger partial charge on any atom is 0.315 e. The molecule has 0 heterocycles. The highest BCUT2D eigenvalue weighted by Gasteiger charge is 2.34. The highest BCUT2D eigenvalue weighted by Crippen LogP contribution is 2.31. The predicted molar refractivity (Wildman–Crippen MR) is 104 cm³/mol. The number of allylic oxidation sites excluding steroid dienone is 2. The van der Waals surface area contributed by atoms with E-state index < -0.39 is 23.2 Å². The van der Waals surface area contributed by atoms with Gasteiger partial charge in [-0.3, -0.25) is 19.8 Å². The molecule has 0 aromatic heterocycles. The highest BCUT2D eigenvalue weighted by atomic mass is 16.2. The molecule has 1 aromatic carbocycles. The minimum atomic E-state index is -0.597. The summed E-state index contributed by atoms with van der Waals surface area (Å²) in [6.45, 7) is 2.87. The molecule has 2 aliphatic rings. The van der Waals surface area contributed by atoms with Crippen molar-refractivity contribution >= 4 is 29.1 Å². The molecule has 0 radical (unpaired) electrons. The average Bonchev–Trinajstić information content (AvgIpc) is 3.01. The van der Waals surface area contributed by atoms with Gasteiger partial charge in [0, 0.05) is 43.0 Å². The van der Waals surface area contributed by atoms with E-state index in [1.165, 1.54) is 0 Å². The van der Waals surface area contributed by atoms with Gasteiger partial charge in [-0.15, -0.1) is 0 Å². The minimum Gasteiger partial charge on any atom is -0.338 e. The van der Waals surface area contributed by atoms with Gasteiger partial charge in [0.15, 0.2) is 17.3 Å². The second-order valence-corrected chi connectivity index (χ2v) is 7.06. The van der Waals surface area contributed by atoms with Crippen LogP contribution in [0.15, 0.2) is 29.8 Å². The first-order chi connectivity index (χ1) is 13.4. The molecule has 1 saturated carbocycles. The van der Waals surface area contributed by atoms with E-state index in [0.29, 0.717) is 37.1 Å². The summed E-state index contributed by atoms with van der Waals surface area (Å²) in [5, 5.41) is 13.1. The third-order valence-corrected chi connectivity index (χ3v) is 5.10. The second-order valence-electron chi connectivity index (χ2n) is 7.06. The van der Waals surface area contributed by atoms with E-state index in [-0.39, 0.29) is 18.2 Å². The van der Waals surface area contributed by atoms with E-state index >= 15 is 0 Å². The Morgan fingerprint density at radius 3 is 2.79 bits per heavy atom. The zero-order chi connectivity index (χ0) is 20.3. The quantitative estimate of drug-likeness (QED) is 0.678. The molecule has 1 fully saturated rings. The van der Waals surface area contributed by atoms with Crippen molar-refractivity contribution in [3.05, 3.63) is 46.5 Å². The molecule has 28 heavy (non-hydrogen) atoms. The normalized spacial score (nSPS) is 20.5. The Labute approximate surface area is 163 Å². The predicted octanol–water partition coefficient (Wildman–Crippen LogP) is 2.13. The van der Waals surface area contributed by atoms with Crippen molar-refractivity contribution in [3.63, 3.8) is 0 Å². The maximum atomic E-state index is 12.8. The van der Waals surface area contributed by atoms with E-state index in [0.717, 1.165) is 17.5 Å². The first-order valence-corrected chi connectivity index (χ1v) is 9.46. The Kier molecular flexibility index (Phi) is 5.82. The highest BCUT2D eigenvalue weighted by molar-refractivity contribution is 6.66. The van der Waals surface area contributed by atoms with Crippen LogP contribution in [-0.4, -0.2) is 35.6 Å². The fourth-order valence-electron chi connectivity index (χ4n) is 3.54. The van der Waals surface area contributed by atoms with E-state index in [4.69, 9.17) is 5.41 Å². The Bertz CT molecular complexity index is 901. The molecule has 146 valence electrons. The number of nitrogens with one attached hydrogen (secondary N) is 3. The molecule has 3 rings (SSSR count). The van der Waals surface area contributed by atoms with E-state index in [9.17, 15) is 19.2 Å². The lowest BCUT2D eigenvalue weighted by Crippen LogP contribution is -2.35. The Hall–Kier alpha value is -3.09. The van der Waals surface area contributed by atoms with Gasteiger partial charge in [0.2, 0.25) is 0 Å². The maximum absolute atomic E-state index is 12.8. The third kappa shape index (κ3) is 3.93. The summed E-state index contributed by atoms with van der Waals surface area (Å²) < 4.78 is 0. The lowest BCUT2D eigenvalue weighted by atomic mass is 9.84. The lowest BCUT2D eigenvalue weighted by molar-refractivity contribution is -0.121. The van der Waals surface area contributed by atoms with Crippen molar-refractivity contribution in [2.45, 2.75) is 39.2 Å². The van der Waals surface area contributed by atoms with Crippen LogP contribution in [0.25, 0.3) is 0 Å². The second kappa shape index (κ2) is 8.29. The summed E-state index contributed by atoms with van der Waals surface area (Å²) in [5.74, 6) is -1.68. The van der Waals surface area contributed by atoms with E-state index in [1.54, 1.807) is 18.2 Å². The Balaban J connectivity index is 1.75. The van der Waals surface area contributed by atoms with Crippen LogP contribution >= 0.6 is 0 Å². The summed E-state index contributed by atoms with van der Waals surface area (Å²) in [7, 11) is 0. The van der Waals surface area contributed by atoms with Gasteiger partial charge in [-0.2, -0.15) is 0 Å². The van der Waals surface area contributed by atoms with Crippen LogP contribution in [0.1, 0.15) is 47.7 Å². The van der Waals surface area contributed by atoms with Gasteiger partial charge in [0.25, 0.3) is 0 Å². The molecule has 2 amide bonds. The molecule has 7 heteroatoms. The molecular formula is C21H23N3O4. The van der Waals surface area contributed by atoms with Crippen LogP contribution < -0.4 is 10.6 Å². The van der Waals surface area contributed by atoms with E-state index in [1.807, 2.05) is 13.0 Å². The molecule has 1 unspecified atom stereocenters. The standard InChI is InChI=1S/C21H23N3O4/c1-2-8-23-21(28)24-11-13-4-3-5-15-16(13)10-14(19(15)26)9-12-6-7-17(25)18(22)20(12)27/h3-5,9,12,22H,2,6-8,10-11H2,1H3,(H2,23,24,28)/b14-9+,22-18?. The molecule has 7 nitrogen and oxygen atoms in total. The zero-order valence-electron chi connectivity index (χ0n) is 15.8. The van der Waals surface area contributed by atoms with Gasteiger partial charge in [0.05, 0.1) is 0 Å². The van der Waals surface area contributed by atoms with Crippen molar-refractivity contribution in [1.82, 2.24) is 10.6 Å². The summed E-state index contributed by atoms with van der Waals surface area (Å²) in [4.78, 5) is 48.2. The van der Waals surface area contributed by atoms with Crippen molar-refractivity contribution in [1.29, 1.82) is 5.41 Å². The topological polar surface area (TPSA) is 116 Å². The minimum absolute atomic E-state index is 0.136. The molecule has 0 spiro atoms. The third-order valence-electron chi connectivity index (χ3n) is 5.10. The molecule has 2 aliphatic carbocycles. The number of amides is 2. The molecule has 1 atom stereocenters. The number of hydrogen-bond donors (Lipinski definition) is 3. The van der Waals surface area contributed by atoms with Crippen molar-refractivity contribution in [2.24, 2.45) is 5.92 Å². The van der Waals surface area contributed by atoms with Gasteiger partial charge < -0.3 is 10.6 Å². The van der Waals surface area contributed by atoms with Crippen LogP contribution in [0.4, 0.5) is 4.79 Å². The molecule has 1 aromatic rings. The fraction of sp³-hybridized carbons (Fsp3) is 0.381. The van der Waals surface area contributed by atoms with Crippen LogP contribution in [0.3, 0.4) is 0 Å². The number of fused-ring (bicyclic) bond motifs is 1. The molecule has 3 N–H and O–H groups in total. The SMILES string of the molecule is CCCNC(=O)NCc1cccc2c1C/C(=C\C1CCC(=O)C(=N)C1=O)C2=O. The largest absolute Gasteiger partial charge is 0.338 e. The number of hydrogen-bond acceptors (Lipinski definition) is 5. The van der Waals surface area contributed by atoms with Gasteiger partial charge in [-0.25, -0.2) is 4.79 Å². The number of rotatable bonds is 5. The number of urea groups is 1. The summed E-state index contributed by atoms with van der Waals surface area (Å²) in [6, 6.07) is 5.14. The van der Waals surface area contributed by atoms with Gasteiger partial charge in [0.1, 0.15) is 5.71 Å². The number of ketones is 3. The van der Waals surface area contributed by atoms with Gasteiger partial charge in [-0.1, -0.05) is 31.2 Å². The molecule has 0 aliphatic heterocycles. The molecular weight excluding hydrogens is 358 g/mol. The summed E-state index contributed by atoms with van der Waals surface area (Å²) >= 11 is 0. The number of benzene rings is 1. The first kappa shape index (κ1) is 19.7. The smallest absolute Gasteiger partial charge is 0.315 e. The number of carbonyl (C=O) groups is 4. The Morgan fingerprint density at radius 2 is 2.04 bits per heavy atom. The van der Waals surface area contributed by atoms with Gasteiger partial charge >= 0.3 is 6.03 Å². The van der Waals surface area contributed by atoms with Crippen LogP contribution in [0.2, 0.25) is 0 Å². The van der Waals surface area contributed by atoms with Crippen molar-refractivity contribution < 1.29 is 19.2 Å². The number of Topliss-reactive ketones (excluding diaryl/α,β-unsaturated/α-hetero) is 3. The van der Waals surface area contributed by atoms with Crippen molar-refractivity contribution in [2.75, 3.05) is 6.54 Å².